The molecular weight excluding hydrogens is 155 g/mol. The van der Waals surface area contributed by atoms with E-state index in [2.05, 4.69) is 4.98 Å². The third-order valence-corrected chi connectivity index (χ3v) is 2.32. The van der Waals surface area contributed by atoms with Crippen molar-refractivity contribution >= 4 is 40.0 Å². The van der Waals surface area contributed by atoms with E-state index in [-0.39, 0.29) is 0 Å². The summed E-state index contributed by atoms with van der Waals surface area (Å²) in [4.78, 5) is 4.08. The molecule has 0 bridgehead atoms. The first-order valence-electron chi connectivity index (χ1n) is 3.18. The average Bonchev–Trinajstić information content (AvgIpc) is 2.31. The highest BCUT2D eigenvalue weighted by Gasteiger charge is 2.00. The summed E-state index contributed by atoms with van der Waals surface area (Å²) < 4.78 is 1.04. The lowest BCUT2D eigenvalue weighted by Gasteiger charge is -1.90. The summed E-state index contributed by atoms with van der Waals surface area (Å²) >= 11 is 1.45. The number of hydrogen-bond acceptors (Lipinski definition) is 3. The maximum Gasteiger partial charge on any atom is 0.181 e. The molecule has 0 aliphatic heterocycles. The predicted molar refractivity (Wildman–Crippen MR) is 49.4 cm³/mol. The van der Waals surface area contributed by atoms with Crippen LogP contribution in [0, 0.1) is 0 Å². The van der Waals surface area contributed by atoms with Gasteiger partial charge in [-0.3, -0.25) is 0 Å². The molecule has 0 amide bonds. The highest BCUT2D eigenvalue weighted by atomic mass is 32.1. The van der Waals surface area contributed by atoms with Crippen LogP contribution in [0.3, 0.4) is 0 Å². The Labute approximate surface area is 69.5 Å². The standard InChI is InChI=1S/C7H5BN2S/c8-4-2-1-3-5-6(4)10-7(9)11-5/h1-3H,(H2,9,10). The summed E-state index contributed by atoms with van der Waals surface area (Å²) in [5.41, 5.74) is 7.02. The van der Waals surface area contributed by atoms with Gasteiger partial charge in [-0.25, -0.2) is 4.98 Å². The molecular formula is C7H5BN2S. The minimum absolute atomic E-state index is 0.568. The Balaban J connectivity index is 2.90. The van der Waals surface area contributed by atoms with Gasteiger partial charge in [-0.2, -0.15) is 0 Å². The van der Waals surface area contributed by atoms with E-state index < -0.39 is 0 Å². The van der Waals surface area contributed by atoms with Crippen LogP contribution in [0.4, 0.5) is 5.13 Å². The van der Waals surface area contributed by atoms with Gasteiger partial charge < -0.3 is 5.73 Å². The zero-order valence-corrected chi connectivity index (χ0v) is 6.56. The van der Waals surface area contributed by atoms with E-state index in [1.165, 1.54) is 11.3 Å². The van der Waals surface area contributed by atoms with Crippen LogP contribution in [-0.2, 0) is 0 Å². The molecule has 0 atom stereocenters. The van der Waals surface area contributed by atoms with Crippen LogP contribution in [-0.4, -0.2) is 12.8 Å². The van der Waals surface area contributed by atoms with Gasteiger partial charge in [-0.15, -0.1) is 0 Å². The molecule has 0 spiro atoms. The summed E-state index contributed by atoms with van der Waals surface area (Å²) in [6.07, 6.45) is 0. The first-order valence-corrected chi connectivity index (χ1v) is 3.99. The molecule has 11 heavy (non-hydrogen) atoms. The number of benzene rings is 1. The van der Waals surface area contributed by atoms with E-state index >= 15 is 0 Å². The van der Waals surface area contributed by atoms with Crippen LogP contribution in [0.15, 0.2) is 18.2 Å². The van der Waals surface area contributed by atoms with Gasteiger partial charge in [-0.1, -0.05) is 28.9 Å². The van der Waals surface area contributed by atoms with Crippen molar-refractivity contribution in [2.45, 2.75) is 0 Å². The number of fused-ring (bicyclic) bond motifs is 1. The molecule has 0 aliphatic carbocycles. The molecule has 2 nitrogen and oxygen atoms in total. The molecule has 0 unspecified atom stereocenters. The topological polar surface area (TPSA) is 38.9 Å². The van der Waals surface area contributed by atoms with Gasteiger partial charge in [-0.05, 0) is 6.07 Å². The zero-order valence-electron chi connectivity index (χ0n) is 5.74. The molecule has 1 aromatic carbocycles. The fourth-order valence-electron chi connectivity index (χ4n) is 0.987. The first-order chi connectivity index (χ1) is 5.27. The maximum absolute atomic E-state index is 5.66. The third kappa shape index (κ3) is 0.992. The summed E-state index contributed by atoms with van der Waals surface area (Å²) in [6, 6.07) is 5.68. The van der Waals surface area contributed by atoms with Crippen molar-refractivity contribution in [1.29, 1.82) is 0 Å². The summed E-state index contributed by atoms with van der Waals surface area (Å²) in [6.45, 7) is 0. The van der Waals surface area contributed by atoms with Gasteiger partial charge >= 0.3 is 0 Å². The second-order valence-electron chi connectivity index (χ2n) is 2.25. The lowest BCUT2D eigenvalue weighted by atomic mass is 9.95. The van der Waals surface area contributed by atoms with Gasteiger partial charge in [0.25, 0.3) is 0 Å². The normalized spacial score (nSPS) is 10.5. The molecule has 4 heteroatoms. The van der Waals surface area contributed by atoms with E-state index in [1.807, 2.05) is 18.2 Å². The quantitative estimate of drug-likeness (QED) is 0.575. The van der Waals surface area contributed by atoms with Crippen LogP contribution in [0.25, 0.3) is 10.2 Å². The number of nitrogens with two attached hydrogens (primary N) is 1. The van der Waals surface area contributed by atoms with Crippen LogP contribution in [0.2, 0.25) is 0 Å². The van der Waals surface area contributed by atoms with Crippen molar-refractivity contribution in [2.24, 2.45) is 0 Å². The minimum atomic E-state index is 0.568. The minimum Gasteiger partial charge on any atom is -0.375 e. The van der Waals surface area contributed by atoms with Gasteiger partial charge in [0.05, 0.1) is 10.2 Å². The summed E-state index contributed by atoms with van der Waals surface area (Å²) in [7, 11) is 5.66. The molecule has 1 aromatic heterocycles. The smallest absolute Gasteiger partial charge is 0.181 e. The van der Waals surface area contributed by atoms with E-state index in [1.54, 1.807) is 0 Å². The maximum atomic E-state index is 5.66. The predicted octanol–water partition coefficient (Wildman–Crippen LogP) is 0.672. The second kappa shape index (κ2) is 2.24. The van der Waals surface area contributed by atoms with E-state index in [0.717, 1.165) is 10.2 Å². The molecule has 0 aliphatic rings. The van der Waals surface area contributed by atoms with Gasteiger partial charge in [0.2, 0.25) is 0 Å². The largest absolute Gasteiger partial charge is 0.375 e. The summed E-state index contributed by atoms with van der Waals surface area (Å²) in [5.74, 6) is 0. The molecule has 0 saturated carbocycles. The molecule has 0 fully saturated rings. The number of nitrogen functional groups attached to an aromatic ring is 1. The van der Waals surface area contributed by atoms with Crippen molar-refractivity contribution < 1.29 is 0 Å². The Bertz CT molecular complexity index is 396. The fourth-order valence-corrected chi connectivity index (χ4v) is 1.76. The van der Waals surface area contributed by atoms with Crippen molar-refractivity contribution in [3.8, 4) is 0 Å². The van der Waals surface area contributed by atoms with Crippen molar-refractivity contribution in [1.82, 2.24) is 4.98 Å². The van der Waals surface area contributed by atoms with E-state index in [4.69, 9.17) is 13.6 Å². The van der Waals surface area contributed by atoms with Gasteiger partial charge in [0.15, 0.2) is 5.13 Å². The number of anilines is 1. The molecule has 0 saturated heterocycles. The average molecular weight is 160 g/mol. The highest BCUT2D eigenvalue weighted by molar-refractivity contribution is 7.22. The number of nitrogens with zero attached hydrogens (tertiary/aromatic N) is 1. The molecule has 2 rings (SSSR count). The Kier molecular flexibility index (Phi) is 1.36. The number of aromatic nitrogens is 1. The molecule has 2 N–H and O–H groups in total. The number of thiazole rings is 1. The summed E-state index contributed by atoms with van der Waals surface area (Å²) in [5, 5.41) is 0.568. The van der Waals surface area contributed by atoms with Crippen LogP contribution < -0.4 is 11.2 Å². The molecule has 52 valence electrons. The third-order valence-electron chi connectivity index (χ3n) is 1.47. The Morgan fingerprint density at radius 1 is 1.45 bits per heavy atom. The highest BCUT2D eigenvalue weighted by Crippen LogP contribution is 2.20. The van der Waals surface area contributed by atoms with Crippen molar-refractivity contribution in [2.75, 3.05) is 5.73 Å². The van der Waals surface area contributed by atoms with Gasteiger partial charge in [0, 0.05) is 0 Å². The van der Waals surface area contributed by atoms with Crippen molar-refractivity contribution in [3.05, 3.63) is 18.2 Å². The molecule has 1 heterocycles. The van der Waals surface area contributed by atoms with Crippen LogP contribution in [0.1, 0.15) is 0 Å². The SMILES string of the molecule is [B]c1cccc2sc(N)nc12. The van der Waals surface area contributed by atoms with E-state index in [9.17, 15) is 0 Å². The van der Waals surface area contributed by atoms with Crippen molar-refractivity contribution in [3.63, 3.8) is 0 Å². The second-order valence-corrected chi connectivity index (χ2v) is 3.31. The first kappa shape index (κ1) is 6.67. The fraction of sp³-hybridized carbons (Fsp3) is 0. The molecule has 2 radical (unpaired) electrons. The Morgan fingerprint density at radius 2 is 2.27 bits per heavy atom. The van der Waals surface area contributed by atoms with Gasteiger partial charge in [0.1, 0.15) is 7.85 Å². The zero-order chi connectivity index (χ0) is 7.84. The Hall–Kier alpha value is -1.03. The lowest BCUT2D eigenvalue weighted by molar-refractivity contribution is 1.51. The van der Waals surface area contributed by atoms with E-state index in [0.29, 0.717) is 10.6 Å². The monoisotopic (exact) mass is 160 g/mol. The number of rotatable bonds is 0. The number of hydrogen-bond donors (Lipinski definition) is 1. The Morgan fingerprint density at radius 3 is 3.00 bits per heavy atom. The molecule has 2 aromatic rings. The van der Waals surface area contributed by atoms with Crippen LogP contribution >= 0.6 is 11.3 Å². The van der Waals surface area contributed by atoms with Crippen LogP contribution in [0.5, 0.6) is 0 Å². The lowest BCUT2D eigenvalue weighted by Crippen LogP contribution is -2.02. The number of para-hydroxylation sites is 1.